The van der Waals surface area contributed by atoms with Crippen molar-refractivity contribution in [2.45, 2.75) is 77.6 Å². The van der Waals surface area contributed by atoms with Crippen LogP contribution < -0.4 is 4.74 Å². The molecule has 0 bridgehead atoms. The molecule has 0 N–H and O–H groups in total. The molecule has 3 heteroatoms. The number of ether oxygens (including phenoxy) is 1. The largest absolute Gasteiger partial charge is 0.496 e. The first-order valence-corrected chi connectivity index (χ1v) is 11.5. The van der Waals surface area contributed by atoms with Crippen LogP contribution in [0.1, 0.15) is 104 Å². The lowest BCUT2D eigenvalue weighted by molar-refractivity contribution is 0.0976. The Kier molecular flexibility index (Phi) is 10.9. The maximum Gasteiger partial charge on any atom is 0.196 e. The number of ketones is 2. The van der Waals surface area contributed by atoms with E-state index in [4.69, 9.17) is 4.74 Å². The molecule has 0 spiro atoms. The molecule has 0 atom stereocenters. The monoisotopic (exact) mass is 408 g/mol. The first-order valence-electron chi connectivity index (χ1n) is 11.5. The first kappa shape index (κ1) is 23.9. The second kappa shape index (κ2) is 13.7. The lowest BCUT2D eigenvalue weighted by Crippen LogP contribution is -2.05. The number of Topliss-reactive ketones (excluding diaryl/α,β-unsaturated/α-hetero) is 1. The average molecular weight is 409 g/mol. The number of carbonyl (C=O) groups excluding carboxylic acids is 2. The topological polar surface area (TPSA) is 43.4 Å². The van der Waals surface area contributed by atoms with E-state index in [1.54, 1.807) is 43.5 Å². The number of hydrogen-bond donors (Lipinski definition) is 0. The molecule has 0 aliphatic rings. The highest BCUT2D eigenvalue weighted by molar-refractivity contribution is 6.11. The Morgan fingerprint density at radius 1 is 0.700 bits per heavy atom. The molecule has 30 heavy (non-hydrogen) atoms. The Labute approximate surface area is 181 Å². The van der Waals surface area contributed by atoms with Crippen molar-refractivity contribution in [3.63, 3.8) is 0 Å². The third-order valence-corrected chi connectivity index (χ3v) is 5.58. The summed E-state index contributed by atoms with van der Waals surface area (Å²) in [4.78, 5) is 25.1. The smallest absolute Gasteiger partial charge is 0.196 e. The molecule has 0 saturated carbocycles. The minimum atomic E-state index is -0.0962. The summed E-state index contributed by atoms with van der Waals surface area (Å²) in [7, 11) is 1.56. The van der Waals surface area contributed by atoms with E-state index in [9.17, 15) is 9.59 Å². The molecular weight excluding hydrogens is 372 g/mol. The zero-order valence-electron chi connectivity index (χ0n) is 18.6. The highest BCUT2D eigenvalue weighted by Gasteiger charge is 2.14. The Morgan fingerprint density at radius 3 is 1.83 bits per heavy atom. The molecule has 0 fully saturated rings. The number of hydrogen-bond acceptors (Lipinski definition) is 3. The molecular formula is C27H36O3. The molecule has 0 unspecified atom stereocenters. The number of para-hydroxylation sites is 1. The van der Waals surface area contributed by atoms with E-state index in [2.05, 4.69) is 6.92 Å². The Balaban J connectivity index is 1.72. The minimum Gasteiger partial charge on any atom is -0.496 e. The lowest BCUT2D eigenvalue weighted by atomic mass is 9.98. The van der Waals surface area contributed by atoms with Gasteiger partial charge in [0.05, 0.1) is 12.7 Å². The minimum absolute atomic E-state index is 0.0962. The van der Waals surface area contributed by atoms with Crippen LogP contribution in [0.4, 0.5) is 0 Å². The average Bonchev–Trinajstić information content (AvgIpc) is 2.79. The first-order chi connectivity index (χ1) is 14.7. The van der Waals surface area contributed by atoms with Gasteiger partial charge >= 0.3 is 0 Å². The van der Waals surface area contributed by atoms with Crippen LogP contribution in [0.2, 0.25) is 0 Å². The number of unbranched alkanes of at least 4 members (excludes halogenated alkanes) is 9. The van der Waals surface area contributed by atoms with Gasteiger partial charge in [-0.05, 0) is 18.6 Å². The second-order valence-corrected chi connectivity index (χ2v) is 7.96. The standard InChI is InChI=1S/C27H36O3/c1-3-4-5-6-7-8-9-10-11-12-16-25(28)22-18-20-23(21-19-22)27(29)24-15-13-14-17-26(24)30-2/h13-15,17-21H,3-12,16H2,1-2H3. The Morgan fingerprint density at radius 2 is 1.23 bits per heavy atom. The Hall–Kier alpha value is -2.42. The zero-order valence-corrected chi connectivity index (χ0v) is 18.6. The number of carbonyl (C=O) groups is 2. The quantitative estimate of drug-likeness (QED) is 0.227. The summed E-state index contributed by atoms with van der Waals surface area (Å²) in [6.07, 6.45) is 13.2. The van der Waals surface area contributed by atoms with E-state index < -0.39 is 0 Å². The van der Waals surface area contributed by atoms with Gasteiger partial charge in [0.15, 0.2) is 11.6 Å². The molecule has 0 amide bonds. The van der Waals surface area contributed by atoms with Gasteiger partial charge in [0.2, 0.25) is 0 Å². The number of methoxy groups -OCH3 is 1. The van der Waals surface area contributed by atoms with Crippen LogP contribution in [0.15, 0.2) is 48.5 Å². The van der Waals surface area contributed by atoms with E-state index in [1.807, 2.05) is 12.1 Å². The van der Waals surface area contributed by atoms with Gasteiger partial charge in [-0.3, -0.25) is 9.59 Å². The normalized spacial score (nSPS) is 10.7. The molecule has 0 aliphatic heterocycles. The van der Waals surface area contributed by atoms with Crippen molar-refractivity contribution in [3.8, 4) is 5.75 Å². The molecule has 0 saturated heterocycles. The van der Waals surface area contributed by atoms with Gasteiger partial charge in [0.25, 0.3) is 0 Å². The molecule has 3 nitrogen and oxygen atoms in total. The fourth-order valence-corrected chi connectivity index (χ4v) is 3.71. The fourth-order valence-electron chi connectivity index (χ4n) is 3.71. The van der Waals surface area contributed by atoms with Crippen molar-refractivity contribution in [2.75, 3.05) is 7.11 Å². The third kappa shape index (κ3) is 7.78. The van der Waals surface area contributed by atoms with Gasteiger partial charge < -0.3 is 4.74 Å². The van der Waals surface area contributed by atoms with E-state index in [0.717, 1.165) is 12.8 Å². The maximum atomic E-state index is 12.7. The van der Waals surface area contributed by atoms with Crippen LogP contribution in [0.3, 0.4) is 0 Å². The van der Waals surface area contributed by atoms with Gasteiger partial charge in [0.1, 0.15) is 5.75 Å². The predicted molar refractivity (Wildman–Crippen MR) is 124 cm³/mol. The second-order valence-electron chi connectivity index (χ2n) is 7.96. The van der Waals surface area contributed by atoms with E-state index >= 15 is 0 Å². The Bertz CT molecular complexity index is 777. The molecule has 2 aromatic rings. The molecule has 2 aromatic carbocycles. The van der Waals surface area contributed by atoms with Crippen molar-refractivity contribution >= 4 is 11.6 Å². The van der Waals surface area contributed by atoms with Crippen LogP contribution in [-0.2, 0) is 0 Å². The van der Waals surface area contributed by atoms with Gasteiger partial charge in [-0.15, -0.1) is 0 Å². The summed E-state index contributed by atoms with van der Waals surface area (Å²) >= 11 is 0. The summed E-state index contributed by atoms with van der Waals surface area (Å²) in [6, 6.07) is 14.2. The van der Waals surface area contributed by atoms with Crippen molar-refractivity contribution < 1.29 is 14.3 Å². The maximum absolute atomic E-state index is 12.7. The van der Waals surface area contributed by atoms with Crippen LogP contribution >= 0.6 is 0 Å². The molecule has 0 radical (unpaired) electrons. The SMILES string of the molecule is CCCCCCCCCCCCC(=O)c1ccc(C(=O)c2ccccc2OC)cc1. The van der Waals surface area contributed by atoms with Crippen molar-refractivity contribution in [1.29, 1.82) is 0 Å². The highest BCUT2D eigenvalue weighted by atomic mass is 16.5. The van der Waals surface area contributed by atoms with Crippen LogP contribution in [-0.4, -0.2) is 18.7 Å². The number of benzene rings is 2. The molecule has 162 valence electrons. The van der Waals surface area contributed by atoms with Gasteiger partial charge in [-0.25, -0.2) is 0 Å². The summed E-state index contributed by atoms with van der Waals surface area (Å²) < 4.78 is 5.28. The van der Waals surface area contributed by atoms with E-state index in [0.29, 0.717) is 28.9 Å². The van der Waals surface area contributed by atoms with Crippen molar-refractivity contribution in [1.82, 2.24) is 0 Å². The molecule has 0 aromatic heterocycles. The van der Waals surface area contributed by atoms with Gasteiger partial charge in [0, 0.05) is 17.5 Å². The lowest BCUT2D eigenvalue weighted by Gasteiger charge is -2.08. The van der Waals surface area contributed by atoms with E-state index in [1.165, 1.54) is 51.4 Å². The summed E-state index contributed by atoms with van der Waals surface area (Å²) in [6.45, 7) is 2.25. The van der Waals surface area contributed by atoms with Crippen LogP contribution in [0.25, 0.3) is 0 Å². The summed E-state index contributed by atoms with van der Waals surface area (Å²) in [5, 5.41) is 0. The highest BCUT2D eigenvalue weighted by Crippen LogP contribution is 2.21. The van der Waals surface area contributed by atoms with Crippen molar-refractivity contribution in [3.05, 3.63) is 65.2 Å². The summed E-state index contributed by atoms with van der Waals surface area (Å²) in [5.74, 6) is 0.621. The third-order valence-electron chi connectivity index (χ3n) is 5.58. The fraction of sp³-hybridized carbons (Fsp3) is 0.481. The molecule has 0 aliphatic carbocycles. The van der Waals surface area contributed by atoms with Gasteiger partial charge in [-0.2, -0.15) is 0 Å². The van der Waals surface area contributed by atoms with Crippen molar-refractivity contribution in [2.24, 2.45) is 0 Å². The van der Waals surface area contributed by atoms with Gasteiger partial charge in [-0.1, -0.05) is 101 Å². The number of rotatable bonds is 15. The predicted octanol–water partition coefficient (Wildman–Crippen LogP) is 7.42. The molecule has 0 heterocycles. The van der Waals surface area contributed by atoms with E-state index in [-0.39, 0.29) is 11.6 Å². The van der Waals surface area contributed by atoms with Crippen LogP contribution in [0, 0.1) is 0 Å². The zero-order chi connectivity index (χ0) is 21.6. The summed E-state index contributed by atoms with van der Waals surface area (Å²) in [5.41, 5.74) is 1.78. The molecule has 2 rings (SSSR count). The van der Waals surface area contributed by atoms with Crippen LogP contribution in [0.5, 0.6) is 5.75 Å².